The molecule has 0 bridgehead atoms. The molecule has 0 spiro atoms. The zero-order valence-electron chi connectivity index (χ0n) is 16.0. The summed E-state index contributed by atoms with van der Waals surface area (Å²) < 4.78 is 11.6. The normalized spacial score (nSPS) is 10.3. The first-order valence-corrected chi connectivity index (χ1v) is 9.22. The quantitative estimate of drug-likeness (QED) is 0.676. The Morgan fingerprint density at radius 3 is 2.46 bits per heavy atom. The predicted octanol–water partition coefficient (Wildman–Crippen LogP) is 1.73. The number of esters is 2. The van der Waals surface area contributed by atoms with Gasteiger partial charge < -0.3 is 24.7 Å². The number of carbonyl (C=O) groups is 4. The minimum Gasteiger partial charge on any atom is -0.462 e. The fraction of sp³-hybridized carbons (Fsp3) is 0.333. The molecule has 0 aromatic carbocycles. The molecule has 0 atom stereocenters. The highest BCUT2D eigenvalue weighted by molar-refractivity contribution is 7.18. The number of hydrogen-bond acceptors (Lipinski definition) is 7. The van der Waals surface area contributed by atoms with Crippen LogP contribution in [0.15, 0.2) is 18.3 Å². The van der Waals surface area contributed by atoms with Crippen molar-refractivity contribution in [2.24, 2.45) is 7.05 Å². The molecule has 0 saturated heterocycles. The maximum absolute atomic E-state index is 12.3. The van der Waals surface area contributed by atoms with Gasteiger partial charge in [-0.2, -0.15) is 0 Å². The Kier molecular flexibility index (Phi) is 6.94. The molecule has 0 radical (unpaired) electrons. The van der Waals surface area contributed by atoms with Crippen molar-refractivity contribution in [3.63, 3.8) is 0 Å². The van der Waals surface area contributed by atoms with Crippen LogP contribution in [0, 0.1) is 6.92 Å². The third-order valence-corrected chi connectivity index (χ3v) is 5.01. The Bertz CT molecular complexity index is 915. The molecule has 0 aliphatic heterocycles. The van der Waals surface area contributed by atoms with Gasteiger partial charge in [-0.25, -0.2) is 9.59 Å². The summed E-state index contributed by atoms with van der Waals surface area (Å²) in [5.41, 5.74) is 0.806. The number of ether oxygens (including phenoxy) is 2. The summed E-state index contributed by atoms with van der Waals surface area (Å²) in [6.07, 6.45) is 1.68. The average Bonchev–Trinajstić information content (AvgIpc) is 3.22. The summed E-state index contributed by atoms with van der Waals surface area (Å²) in [4.78, 5) is 48.8. The topological polar surface area (TPSA) is 116 Å². The van der Waals surface area contributed by atoms with Crippen molar-refractivity contribution in [2.45, 2.75) is 13.8 Å². The maximum atomic E-state index is 12.3. The standard InChI is InChI=1S/C18H21N3O6S/c1-5-26-18(25)13-10(2)14(15(23)19-3)28-16(13)20-12(22)9-27-17(24)11-7-6-8-21(11)4/h6-8H,5,9H2,1-4H3,(H,19,23)(H,20,22). The molecule has 2 N–H and O–H groups in total. The maximum Gasteiger partial charge on any atom is 0.355 e. The van der Waals surface area contributed by atoms with Crippen LogP contribution in [0.5, 0.6) is 0 Å². The van der Waals surface area contributed by atoms with Crippen molar-refractivity contribution in [1.82, 2.24) is 9.88 Å². The number of hydrogen-bond donors (Lipinski definition) is 2. The highest BCUT2D eigenvalue weighted by Gasteiger charge is 2.26. The highest BCUT2D eigenvalue weighted by atomic mass is 32.1. The largest absolute Gasteiger partial charge is 0.462 e. The van der Waals surface area contributed by atoms with Crippen molar-refractivity contribution in [3.05, 3.63) is 40.0 Å². The van der Waals surface area contributed by atoms with Crippen molar-refractivity contribution in [3.8, 4) is 0 Å². The lowest BCUT2D eigenvalue weighted by Crippen LogP contribution is -2.22. The van der Waals surface area contributed by atoms with E-state index in [4.69, 9.17) is 9.47 Å². The smallest absolute Gasteiger partial charge is 0.355 e. The fourth-order valence-corrected chi connectivity index (χ4v) is 3.58. The van der Waals surface area contributed by atoms with E-state index < -0.39 is 24.5 Å². The number of carbonyl (C=O) groups excluding carboxylic acids is 4. The second-order valence-corrected chi connectivity index (χ2v) is 6.71. The van der Waals surface area contributed by atoms with Gasteiger partial charge in [0.2, 0.25) is 0 Å². The molecule has 0 aliphatic rings. The van der Waals surface area contributed by atoms with Crippen LogP contribution >= 0.6 is 11.3 Å². The number of aryl methyl sites for hydroxylation is 1. The molecule has 10 heteroatoms. The third-order valence-electron chi connectivity index (χ3n) is 3.80. The summed E-state index contributed by atoms with van der Waals surface area (Å²) in [7, 11) is 3.14. The van der Waals surface area contributed by atoms with Gasteiger partial charge in [-0.3, -0.25) is 9.59 Å². The fourth-order valence-electron chi connectivity index (χ4n) is 2.42. The molecule has 0 saturated carbocycles. The zero-order valence-corrected chi connectivity index (χ0v) is 16.8. The van der Waals surface area contributed by atoms with Gasteiger partial charge in [0.25, 0.3) is 11.8 Å². The van der Waals surface area contributed by atoms with Crippen molar-refractivity contribution >= 4 is 40.1 Å². The molecule has 2 aromatic rings. The minimum atomic E-state index is -0.651. The first-order valence-electron chi connectivity index (χ1n) is 8.41. The molecule has 2 heterocycles. The molecular weight excluding hydrogens is 386 g/mol. The van der Waals surface area contributed by atoms with Crippen molar-refractivity contribution in [2.75, 3.05) is 25.6 Å². The van der Waals surface area contributed by atoms with E-state index in [-0.39, 0.29) is 28.0 Å². The number of rotatable bonds is 7. The molecule has 9 nitrogen and oxygen atoms in total. The number of aromatic nitrogens is 1. The van der Waals surface area contributed by atoms with E-state index in [1.807, 2.05) is 0 Å². The molecule has 0 unspecified atom stereocenters. The van der Waals surface area contributed by atoms with Gasteiger partial charge in [0.05, 0.1) is 17.0 Å². The van der Waals surface area contributed by atoms with Gasteiger partial charge in [-0.1, -0.05) is 0 Å². The summed E-state index contributed by atoms with van der Waals surface area (Å²) in [5, 5.41) is 5.16. The second kappa shape index (κ2) is 9.18. The Labute approximate surface area is 165 Å². The average molecular weight is 407 g/mol. The number of nitrogens with one attached hydrogen (secondary N) is 2. The summed E-state index contributed by atoms with van der Waals surface area (Å²) in [5.74, 6) is -2.33. The van der Waals surface area contributed by atoms with E-state index >= 15 is 0 Å². The Morgan fingerprint density at radius 2 is 1.89 bits per heavy atom. The lowest BCUT2D eigenvalue weighted by Gasteiger charge is -2.08. The lowest BCUT2D eigenvalue weighted by atomic mass is 10.1. The van der Waals surface area contributed by atoms with Gasteiger partial charge in [-0.15, -0.1) is 11.3 Å². The van der Waals surface area contributed by atoms with Crippen LogP contribution < -0.4 is 10.6 Å². The third kappa shape index (κ3) is 4.58. The second-order valence-electron chi connectivity index (χ2n) is 5.69. The van der Waals surface area contributed by atoms with Crippen LogP contribution in [0.1, 0.15) is 43.0 Å². The Morgan fingerprint density at radius 1 is 1.18 bits per heavy atom. The van der Waals surface area contributed by atoms with Gasteiger partial charge in [-0.05, 0) is 31.5 Å². The van der Waals surface area contributed by atoms with Gasteiger partial charge in [0.15, 0.2) is 6.61 Å². The Hall–Kier alpha value is -3.14. The van der Waals surface area contributed by atoms with E-state index in [9.17, 15) is 19.2 Å². The Balaban J connectivity index is 2.16. The molecule has 2 rings (SSSR count). The van der Waals surface area contributed by atoms with Crippen LogP contribution in [0.2, 0.25) is 0 Å². The van der Waals surface area contributed by atoms with Crippen LogP contribution in [0.25, 0.3) is 0 Å². The summed E-state index contributed by atoms with van der Waals surface area (Å²) >= 11 is 0.946. The van der Waals surface area contributed by atoms with E-state index in [1.54, 1.807) is 43.8 Å². The lowest BCUT2D eigenvalue weighted by molar-refractivity contribution is -0.119. The van der Waals surface area contributed by atoms with Crippen LogP contribution in [0.4, 0.5) is 5.00 Å². The summed E-state index contributed by atoms with van der Waals surface area (Å²) in [6.45, 7) is 2.85. The van der Waals surface area contributed by atoms with Crippen LogP contribution in [-0.4, -0.2) is 48.6 Å². The number of amides is 2. The van der Waals surface area contributed by atoms with Gasteiger partial charge in [0.1, 0.15) is 10.7 Å². The monoisotopic (exact) mass is 407 g/mol. The minimum absolute atomic E-state index is 0.104. The van der Waals surface area contributed by atoms with Crippen molar-refractivity contribution in [1.29, 1.82) is 0 Å². The van der Waals surface area contributed by atoms with E-state index in [0.717, 1.165) is 11.3 Å². The number of anilines is 1. The first kappa shape index (κ1) is 21.2. The van der Waals surface area contributed by atoms with Gasteiger partial charge >= 0.3 is 11.9 Å². The van der Waals surface area contributed by atoms with E-state index in [2.05, 4.69) is 10.6 Å². The molecule has 2 aromatic heterocycles. The zero-order chi connectivity index (χ0) is 20.8. The molecule has 0 aliphatic carbocycles. The van der Waals surface area contributed by atoms with E-state index in [1.165, 1.54) is 7.05 Å². The van der Waals surface area contributed by atoms with Gasteiger partial charge in [0, 0.05) is 20.3 Å². The molecule has 2 amide bonds. The first-order chi connectivity index (χ1) is 13.3. The number of nitrogens with zero attached hydrogens (tertiary/aromatic N) is 1. The SMILES string of the molecule is CCOC(=O)c1c(NC(=O)COC(=O)c2cccn2C)sc(C(=O)NC)c1C. The molecule has 28 heavy (non-hydrogen) atoms. The number of thiophene rings is 1. The van der Waals surface area contributed by atoms with Crippen molar-refractivity contribution < 1.29 is 28.7 Å². The highest BCUT2D eigenvalue weighted by Crippen LogP contribution is 2.33. The molecule has 150 valence electrons. The van der Waals surface area contributed by atoms with Crippen LogP contribution in [-0.2, 0) is 21.3 Å². The molecule has 0 fully saturated rings. The molecular formula is C18H21N3O6S. The summed E-state index contributed by atoms with van der Waals surface area (Å²) in [6, 6.07) is 3.24. The van der Waals surface area contributed by atoms with E-state index in [0.29, 0.717) is 11.3 Å². The predicted molar refractivity (Wildman–Crippen MR) is 103 cm³/mol. The van der Waals surface area contributed by atoms with Crippen LogP contribution in [0.3, 0.4) is 0 Å².